The molecule has 11 nitrogen and oxygen atoms in total. The monoisotopic (exact) mass is 577 g/mol. The van der Waals surface area contributed by atoms with Crippen molar-refractivity contribution in [3.8, 4) is 22.5 Å². The number of pyridine rings is 1. The topological polar surface area (TPSA) is 157 Å². The number of imidazole rings is 1. The number of aromatic nitrogens is 7. The number of nitrogens with zero attached hydrogens (tertiary/aromatic N) is 6. The second kappa shape index (κ2) is 12.5. The Morgan fingerprint density at radius 3 is 2.47 bits per heavy atom. The lowest BCUT2D eigenvalue weighted by molar-refractivity contribution is -0.131. The van der Waals surface area contributed by atoms with Crippen LogP contribution in [0.4, 0.5) is 5.82 Å². The molecule has 5 aromatic rings. The Morgan fingerprint density at radius 1 is 0.977 bits per heavy atom. The van der Waals surface area contributed by atoms with Crippen LogP contribution in [0, 0.1) is 11.8 Å². The number of fused-ring (bicyclic) bond motifs is 1. The number of rotatable bonds is 10. The van der Waals surface area contributed by atoms with Crippen molar-refractivity contribution in [2.24, 2.45) is 17.6 Å². The van der Waals surface area contributed by atoms with Crippen LogP contribution in [0.3, 0.4) is 0 Å². The van der Waals surface area contributed by atoms with Gasteiger partial charge in [-0.1, -0.05) is 74.7 Å². The van der Waals surface area contributed by atoms with Crippen LogP contribution < -0.4 is 11.1 Å². The standard InChI is InChI=1S/C32H35N9O2/c1-2-3-12-28-34-26-17-18-27(36-32(43)25-11-7-5-9-23(25)29(33)42)35-31(26)41(28)19-20-13-15-21(16-14-20)22-8-4-6-10-24(22)30-37-39-40-38-30/h4,6,8,10,13-18,23,25H,2-3,5,7,9,11-12,19H2,1H3,(H2,33,42)(H,35,36,43)(H,37,38,39,40). The zero-order chi connectivity index (χ0) is 29.8. The lowest BCUT2D eigenvalue weighted by Gasteiger charge is -2.28. The third-order valence-corrected chi connectivity index (χ3v) is 8.28. The number of aromatic amines is 1. The van der Waals surface area contributed by atoms with Crippen molar-refractivity contribution < 1.29 is 9.59 Å². The maximum absolute atomic E-state index is 13.2. The number of carbonyl (C=O) groups is 2. The first-order valence-electron chi connectivity index (χ1n) is 14.9. The predicted octanol–water partition coefficient (Wildman–Crippen LogP) is 4.90. The second-order valence-electron chi connectivity index (χ2n) is 11.1. The summed E-state index contributed by atoms with van der Waals surface area (Å²) in [6.07, 6.45) is 6.00. The number of unbranched alkanes of at least 4 members (excludes halogenated alkanes) is 1. The number of anilines is 1. The Bertz CT molecular complexity index is 1730. The second-order valence-corrected chi connectivity index (χ2v) is 11.1. The molecule has 3 heterocycles. The number of H-pyrrole nitrogens is 1. The summed E-state index contributed by atoms with van der Waals surface area (Å²) < 4.78 is 2.14. The van der Waals surface area contributed by atoms with Gasteiger partial charge in [-0.15, -0.1) is 5.10 Å². The first kappa shape index (κ1) is 28.2. The highest BCUT2D eigenvalue weighted by atomic mass is 16.2. The molecule has 1 aliphatic carbocycles. The molecule has 0 spiro atoms. The van der Waals surface area contributed by atoms with E-state index in [1.807, 2.05) is 24.3 Å². The molecule has 0 saturated heterocycles. The van der Waals surface area contributed by atoms with Crippen LogP contribution in [0.25, 0.3) is 33.7 Å². The van der Waals surface area contributed by atoms with Crippen LogP contribution >= 0.6 is 0 Å². The van der Waals surface area contributed by atoms with E-state index >= 15 is 0 Å². The molecule has 1 saturated carbocycles. The highest BCUT2D eigenvalue weighted by Gasteiger charge is 2.34. The fourth-order valence-electron chi connectivity index (χ4n) is 6.00. The number of benzene rings is 2. The van der Waals surface area contributed by atoms with Gasteiger partial charge in [0.1, 0.15) is 17.2 Å². The van der Waals surface area contributed by atoms with Crippen LogP contribution in [-0.2, 0) is 22.6 Å². The van der Waals surface area contributed by atoms with Crippen LogP contribution in [0.1, 0.15) is 56.8 Å². The molecule has 2 amide bonds. The summed E-state index contributed by atoms with van der Waals surface area (Å²) in [7, 11) is 0. The van der Waals surface area contributed by atoms with Crippen molar-refractivity contribution in [1.82, 2.24) is 35.2 Å². The summed E-state index contributed by atoms with van der Waals surface area (Å²) in [5.74, 6) is 0.539. The van der Waals surface area contributed by atoms with Crippen molar-refractivity contribution in [2.75, 3.05) is 5.32 Å². The maximum Gasteiger partial charge on any atom is 0.229 e. The lowest BCUT2D eigenvalue weighted by atomic mass is 9.78. The maximum atomic E-state index is 13.2. The molecule has 2 unspecified atom stereocenters. The van der Waals surface area contributed by atoms with Crippen molar-refractivity contribution in [3.05, 3.63) is 72.1 Å². The van der Waals surface area contributed by atoms with Gasteiger partial charge in [0.25, 0.3) is 0 Å². The minimum atomic E-state index is -0.439. The van der Waals surface area contributed by atoms with Gasteiger partial charge in [-0.2, -0.15) is 0 Å². The number of aryl methyl sites for hydroxylation is 1. The van der Waals surface area contributed by atoms with Gasteiger partial charge in [0.2, 0.25) is 11.8 Å². The van der Waals surface area contributed by atoms with E-state index in [4.69, 9.17) is 15.7 Å². The molecule has 1 fully saturated rings. The molecule has 3 aromatic heterocycles. The van der Waals surface area contributed by atoms with E-state index in [1.54, 1.807) is 6.07 Å². The third-order valence-electron chi connectivity index (χ3n) is 8.28. The SMILES string of the molecule is CCCCc1nc2ccc(NC(=O)C3CCCCC3C(N)=O)nc2n1Cc1ccc(-c2ccccc2-c2nnn[nH]2)cc1. The Morgan fingerprint density at radius 2 is 1.74 bits per heavy atom. The van der Waals surface area contributed by atoms with Crippen molar-refractivity contribution in [2.45, 2.75) is 58.4 Å². The summed E-state index contributed by atoms with van der Waals surface area (Å²) in [5.41, 5.74) is 11.2. The van der Waals surface area contributed by atoms with E-state index in [0.29, 0.717) is 36.7 Å². The number of hydrogen-bond acceptors (Lipinski definition) is 7. The van der Waals surface area contributed by atoms with E-state index in [0.717, 1.165) is 65.7 Å². The molecule has 2 atom stereocenters. The Kier molecular flexibility index (Phi) is 8.21. The Balaban J connectivity index is 1.28. The van der Waals surface area contributed by atoms with E-state index in [9.17, 15) is 9.59 Å². The molecule has 0 aliphatic heterocycles. The lowest BCUT2D eigenvalue weighted by Crippen LogP contribution is -2.39. The van der Waals surface area contributed by atoms with E-state index in [2.05, 4.69) is 67.8 Å². The minimum absolute atomic E-state index is 0.204. The zero-order valence-corrected chi connectivity index (χ0v) is 24.2. The number of carbonyl (C=O) groups excluding carboxylic acids is 2. The number of tetrazole rings is 1. The van der Waals surface area contributed by atoms with Crippen molar-refractivity contribution in [1.29, 1.82) is 0 Å². The van der Waals surface area contributed by atoms with Gasteiger partial charge < -0.3 is 15.6 Å². The van der Waals surface area contributed by atoms with E-state index in [1.165, 1.54) is 0 Å². The summed E-state index contributed by atoms with van der Waals surface area (Å²) in [5, 5.41) is 17.3. The highest BCUT2D eigenvalue weighted by molar-refractivity contribution is 5.96. The predicted molar refractivity (Wildman–Crippen MR) is 164 cm³/mol. The molecule has 43 heavy (non-hydrogen) atoms. The summed E-state index contributed by atoms with van der Waals surface area (Å²) in [6.45, 7) is 2.75. The van der Waals surface area contributed by atoms with Gasteiger partial charge in [-0.25, -0.2) is 15.1 Å². The van der Waals surface area contributed by atoms with Gasteiger partial charge in [-0.3, -0.25) is 9.59 Å². The van der Waals surface area contributed by atoms with Gasteiger partial charge in [-0.05, 0) is 58.5 Å². The average Bonchev–Trinajstić information content (AvgIpc) is 3.69. The number of nitrogens with one attached hydrogen (secondary N) is 2. The van der Waals surface area contributed by atoms with Crippen LogP contribution in [0.2, 0.25) is 0 Å². The Hall–Kier alpha value is -4.93. The first-order valence-corrected chi connectivity index (χ1v) is 14.9. The number of primary amides is 1. The quantitative estimate of drug-likeness (QED) is 0.213. The summed E-state index contributed by atoms with van der Waals surface area (Å²) >= 11 is 0. The molecule has 0 radical (unpaired) electrons. The molecule has 11 heteroatoms. The summed E-state index contributed by atoms with van der Waals surface area (Å²) in [4.78, 5) is 34.9. The average molecular weight is 578 g/mol. The third kappa shape index (κ3) is 6.01. The van der Waals surface area contributed by atoms with E-state index in [-0.39, 0.29) is 5.91 Å². The smallest absolute Gasteiger partial charge is 0.229 e. The van der Waals surface area contributed by atoms with Gasteiger partial charge in [0.05, 0.1) is 6.54 Å². The molecule has 4 N–H and O–H groups in total. The number of nitrogens with two attached hydrogens (primary N) is 1. The zero-order valence-electron chi connectivity index (χ0n) is 24.2. The van der Waals surface area contributed by atoms with E-state index < -0.39 is 17.7 Å². The summed E-state index contributed by atoms with van der Waals surface area (Å²) in [6, 6.07) is 20.1. The normalized spacial score (nSPS) is 16.8. The van der Waals surface area contributed by atoms with Crippen LogP contribution in [0.15, 0.2) is 60.7 Å². The number of amides is 2. The molecule has 1 aliphatic rings. The molecule has 220 valence electrons. The number of hydrogen-bond donors (Lipinski definition) is 3. The van der Waals surface area contributed by atoms with Gasteiger partial charge in [0.15, 0.2) is 11.5 Å². The van der Waals surface area contributed by atoms with Gasteiger partial charge in [0, 0.05) is 23.8 Å². The van der Waals surface area contributed by atoms with Gasteiger partial charge >= 0.3 is 0 Å². The molecular weight excluding hydrogens is 542 g/mol. The fourth-order valence-corrected chi connectivity index (χ4v) is 6.00. The molecule has 2 aromatic carbocycles. The first-order chi connectivity index (χ1) is 21.0. The van der Waals surface area contributed by atoms with Crippen molar-refractivity contribution >= 4 is 28.8 Å². The van der Waals surface area contributed by atoms with Crippen LogP contribution in [-0.4, -0.2) is 47.0 Å². The van der Waals surface area contributed by atoms with Crippen LogP contribution in [0.5, 0.6) is 0 Å². The molecular formula is C32H35N9O2. The molecule has 6 rings (SSSR count). The fraction of sp³-hybridized carbons (Fsp3) is 0.344. The molecule has 0 bridgehead atoms. The Labute approximate surface area is 249 Å². The minimum Gasteiger partial charge on any atom is -0.369 e. The highest BCUT2D eigenvalue weighted by Crippen LogP contribution is 2.32. The van der Waals surface area contributed by atoms with Crippen molar-refractivity contribution in [3.63, 3.8) is 0 Å². The largest absolute Gasteiger partial charge is 0.369 e.